The molecule has 2 aromatic carbocycles. The molecule has 0 radical (unpaired) electrons. The van der Waals surface area contributed by atoms with Crippen molar-refractivity contribution in [3.05, 3.63) is 62.0 Å². The number of halogens is 3. The molecule has 0 amide bonds. The van der Waals surface area contributed by atoms with Gasteiger partial charge in [-0.15, -0.1) is 0 Å². The third-order valence-corrected chi connectivity index (χ3v) is 3.48. The van der Waals surface area contributed by atoms with E-state index < -0.39 is 0 Å². The van der Waals surface area contributed by atoms with Crippen LogP contribution in [-0.4, -0.2) is 5.78 Å². The summed E-state index contributed by atoms with van der Waals surface area (Å²) in [5.74, 6) is -0.243. The fourth-order valence-corrected chi connectivity index (χ4v) is 2.48. The van der Waals surface area contributed by atoms with E-state index >= 15 is 0 Å². The molecule has 0 bridgehead atoms. The van der Waals surface area contributed by atoms with Crippen LogP contribution in [0.1, 0.15) is 15.9 Å². The molecule has 18 heavy (non-hydrogen) atoms. The van der Waals surface area contributed by atoms with Crippen LogP contribution in [0.3, 0.4) is 0 Å². The maximum Gasteiger partial charge on any atom is 0.196 e. The Balaban J connectivity index is 2.51. The Morgan fingerprint density at radius 3 is 2.44 bits per heavy atom. The predicted octanol–water partition coefficient (Wildman–Crippen LogP) is 4.57. The van der Waals surface area contributed by atoms with Crippen molar-refractivity contribution in [1.82, 2.24) is 0 Å². The molecule has 2 nitrogen and oxygen atoms in total. The molecule has 92 valence electrons. The van der Waals surface area contributed by atoms with E-state index in [4.69, 9.17) is 28.9 Å². The topological polar surface area (TPSA) is 43.1 Å². The van der Waals surface area contributed by atoms with Gasteiger partial charge in [-0.05, 0) is 36.4 Å². The van der Waals surface area contributed by atoms with Crippen molar-refractivity contribution in [2.75, 3.05) is 5.73 Å². The van der Waals surface area contributed by atoms with Crippen LogP contribution in [-0.2, 0) is 0 Å². The Labute approximate surface area is 123 Å². The lowest BCUT2D eigenvalue weighted by molar-refractivity contribution is 0.103. The fraction of sp³-hybridized carbons (Fsp3) is 0. The first-order valence-electron chi connectivity index (χ1n) is 5.04. The van der Waals surface area contributed by atoms with E-state index in [0.29, 0.717) is 26.9 Å². The normalized spacial score (nSPS) is 10.4. The molecular weight excluding hydrogens is 337 g/mol. The number of hydrogen-bond donors (Lipinski definition) is 1. The minimum Gasteiger partial charge on any atom is -0.398 e. The second kappa shape index (κ2) is 5.31. The number of ketones is 1. The molecule has 0 aliphatic heterocycles. The zero-order chi connectivity index (χ0) is 13.3. The lowest BCUT2D eigenvalue weighted by atomic mass is 10.0. The highest BCUT2D eigenvalue weighted by molar-refractivity contribution is 9.10. The molecule has 2 aromatic rings. The summed E-state index contributed by atoms with van der Waals surface area (Å²) in [6, 6.07) is 9.83. The van der Waals surface area contributed by atoms with Gasteiger partial charge in [-0.3, -0.25) is 4.79 Å². The van der Waals surface area contributed by atoms with Crippen LogP contribution < -0.4 is 5.73 Å². The summed E-state index contributed by atoms with van der Waals surface area (Å²) in [4.78, 5) is 12.3. The first kappa shape index (κ1) is 13.4. The molecule has 0 unspecified atom stereocenters. The van der Waals surface area contributed by atoms with Crippen molar-refractivity contribution in [1.29, 1.82) is 0 Å². The number of carbonyl (C=O) groups excluding carboxylic acids is 1. The molecule has 0 spiro atoms. The number of anilines is 1. The van der Waals surface area contributed by atoms with Gasteiger partial charge < -0.3 is 5.73 Å². The summed E-state index contributed by atoms with van der Waals surface area (Å²) in [6.45, 7) is 0. The second-order valence-electron chi connectivity index (χ2n) is 3.68. The van der Waals surface area contributed by atoms with Crippen molar-refractivity contribution in [3.8, 4) is 0 Å². The SMILES string of the molecule is Nc1ccc(Cl)cc1C(=O)c1ccc(Br)cc1Cl. The Bertz CT molecular complexity index is 628. The highest BCUT2D eigenvalue weighted by Gasteiger charge is 2.16. The lowest BCUT2D eigenvalue weighted by Gasteiger charge is -2.07. The zero-order valence-electron chi connectivity index (χ0n) is 9.08. The van der Waals surface area contributed by atoms with Gasteiger partial charge in [0.25, 0.3) is 0 Å². The van der Waals surface area contributed by atoms with Crippen LogP contribution in [0.2, 0.25) is 10.0 Å². The second-order valence-corrected chi connectivity index (χ2v) is 5.44. The Hall–Kier alpha value is -1.03. The quantitative estimate of drug-likeness (QED) is 0.640. The minimum absolute atomic E-state index is 0.243. The molecule has 0 aliphatic rings. The molecule has 2 N–H and O–H groups in total. The van der Waals surface area contributed by atoms with Crippen molar-refractivity contribution in [3.63, 3.8) is 0 Å². The van der Waals surface area contributed by atoms with Crippen LogP contribution in [0, 0.1) is 0 Å². The lowest BCUT2D eigenvalue weighted by Crippen LogP contribution is -2.06. The van der Waals surface area contributed by atoms with Gasteiger partial charge in [-0.2, -0.15) is 0 Å². The molecule has 0 atom stereocenters. The summed E-state index contributed by atoms with van der Waals surface area (Å²) in [5.41, 5.74) is 6.90. The fourth-order valence-electron chi connectivity index (χ4n) is 1.54. The number of hydrogen-bond acceptors (Lipinski definition) is 2. The van der Waals surface area contributed by atoms with Gasteiger partial charge in [0.2, 0.25) is 0 Å². The first-order chi connectivity index (χ1) is 8.49. The molecule has 0 fully saturated rings. The van der Waals surface area contributed by atoms with E-state index in [2.05, 4.69) is 15.9 Å². The van der Waals surface area contributed by atoms with Crippen LogP contribution >= 0.6 is 39.1 Å². The van der Waals surface area contributed by atoms with E-state index in [-0.39, 0.29) is 5.78 Å². The number of nitrogen functional groups attached to an aromatic ring is 1. The molecule has 0 aliphatic carbocycles. The van der Waals surface area contributed by atoms with Crippen molar-refractivity contribution in [2.45, 2.75) is 0 Å². The van der Waals surface area contributed by atoms with Crippen LogP contribution in [0.4, 0.5) is 5.69 Å². The summed E-state index contributed by atoms with van der Waals surface area (Å²) < 4.78 is 0.808. The average Bonchev–Trinajstić information content (AvgIpc) is 2.31. The maximum absolute atomic E-state index is 12.3. The minimum atomic E-state index is -0.243. The smallest absolute Gasteiger partial charge is 0.196 e. The standard InChI is InChI=1S/C13H8BrCl2NO/c14-7-1-3-9(11(16)5-7)13(18)10-6-8(15)2-4-12(10)17/h1-6H,17H2. The molecule has 5 heteroatoms. The summed E-state index contributed by atoms with van der Waals surface area (Å²) >= 11 is 15.2. The summed E-state index contributed by atoms with van der Waals surface area (Å²) in [7, 11) is 0. The van der Waals surface area contributed by atoms with Crippen LogP contribution in [0.5, 0.6) is 0 Å². The van der Waals surface area contributed by atoms with Gasteiger partial charge in [-0.1, -0.05) is 39.1 Å². The van der Waals surface area contributed by atoms with Crippen molar-refractivity contribution in [2.24, 2.45) is 0 Å². The van der Waals surface area contributed by atoms with E-state index in [0.717, 1.165) is 4.47 Å². The van der Waals surface area contributed by atoms with Crippen molar-refractivity contribution >= 4 is 50.6 Å². The number of benzene rings is 2. The Kier molecular flexibility index (Phi) is 3.95. The Morgan fingerprint density at radius 1 is 1.06 bits per heavy atom. The van der Waals surface area contributed by atoms with E-state index in [9.17, 15) is 4.79 Å². The monoisotopic (exact) mass is 343 g/mol. The van der Waals surface area contributed by atoms with Gasteiger partial charge in [-0.25, -0.2) is 0 Å². The summed E-state index contributed by atoms with van der Waals surface area (Å²) in [6.07, 6.45) is 0. The van der Waals surface area contributed by atoms with E-state index in [1.165, 1.54) is 6.07 Å². The van der Waals surface area contributed by atoms with Crippen molar-refractivity contribution < 1.29 is 4.79 Å². The van der Waals surface area contributed by atoms with Gasteiger partial charge in [0, 0.05) is 26.3 Å². The molecule has 0 heterocycles. The molecule has 0 saturated carbocycles. The largest absolute Gasteiger partial charge is 0.398 e. The molecule has 2 rings (SSSR count). The third kappa shape index (κ3) is 2.69. The molecular formula is C13H8BrCl2NO. The van der Waals surface area contributed by atoms with Gasteiger partial charge in [0.1, 0.15) is 0 Å². The maximum atomic E-state index is 12.3. The third-order valence-electron chi connectivity index (χ3n) is 2.44. The zero-order valence-corrected chi connectivity index (χ0v) is 12.2. The predicted molar refractivity (Wildman–Crippen MR) is 78.4 cm³/mol. The van der Waals surface area contributed by atoms with Crippen LogP contribution in [0.15, 0.2) is 40.9 Å². The number of rotatable bonds is 2. The number of nitrogens with two attached hydrogens (primary N) is 1. The van der Waals surface area contributed by atoms with E-state index in [1.54, 1.807) is 30.3 Å². The highest BCUT2D eigenvalue weighted by Crippen LogP contribution is 2.27. The van der Waals surface area contributed by atoms with E-state index in [1.807, 2.05) is 0 Å². The average molecular weight is 345 g/mol. The Morgan fingerprint density at radius 2 is 1.78 bits per heavy atom. The number of carbonyl (C=O) groups is 1. The first-order valence-corrected chi connectivity index (χ1v) is 6.58. The molecule has 0 saturated heterocycles. The van der Waals surface area contributed by atoms with Crippen LogP contribution in [0.25, 0.3) is 0 Å². The van der Waals surface area contributed by atoms with Gasteiger partial charge in [0.15, 0.2) is 5.78 Å². The molecule has 0 aromatic heterocycles. The highest BCUT2D eigenvalue weighted by atomic mass is 79.9. The summed E-state index contributed by atoms with van der Waals surface area (Å²) in [5, 5.41) is 0.828. The van der Waals surface area contributed by atoms with Gasteiger partial charge in [0.05, 0.1) is 5.02 Å². The van der Waals surface area contributed by atoms with Gasteiger partial charge >= 0.3 is 0 Å².